The highest BCUT2D eigenvalue weighted by molar-refractivity contribution is 7.99. The molecule has 0 saturated heterocycles. The molecule has 0 aliphatic heterocycles. The summed E-state index contributed by atoms with van der Waals surface area (Å²) < 4.78 is 6.91. The summed E-state index contributed by atoms with van der Waals surface area (Å²) in [6.45, 7) is 6.34. The summed E-state index contributed by atoms with van der Waals surface area (Å²) in [6.07, 6.45) is 1.34. The zero-order valence-corrected chi connectivity index (χ0v) is 24.5. The molecule has 0 aliphatic carbocycles. The number of thioether (sulfide) groups is 1. The van der Waals surface area contributed by atoms with Crippen LogP contribution in [0.1, 0.15) is 66.2 Å². The third-order valence-electron chi connectivity index (χ3n) is 5.52. The van der Waals surface area contributed by atoms with Gasteiger partial charge in [0.05, 0.1) is 34.6 Å². The van der Waals surface area contributed by atoms with Crippen molar-refractivity contribution < 1.29 is 19.1 Å². The van der Waals surface area contributed by atoms with E-state index in [0.29, 0.717) is 45.8 Å². The van der Waals surface area contributed by atoms with Gasteiger partial charge in [-0.05, 0) is 55.2 Å². The van der Waals surface area contributed by atoms with Crippen LogP contribution in [0, 0.1) is 5.92 Å². The quantitative estimate of drug-likeness (QED) is 0.198. The van der Waals surface area contributed by atoms with E-state index in [1.54, 1.807) is 48.0 Å². The van der Waals surface area contributed by atoms with Crippen molar-refractivity contribution in [1.29, 1.82) is 0 Å². The van der Waals surface area contributed by atoms with Crippen molar-refractivity contribution >= 4 is 58.4 Å². The highest BCUT2D eigenvalue weighted by atomic mass is 35.5. The zero-order valence-electron chi connectivity index (χ0n) is 22.2. The van der Waals surface area contributed by atoms with Crippen LogP contribution >= 0.6 is 35.0 Å². The standard InChI is InChI=1S/C27H31Cl2N5O4S/c1-5-11-38-26(37)17-7-6-8-19(13-17)30-23(35)15-39-27-33-32-24(34(27)4)22(12-16(2)3)31-25(36)20-10-9-18(28)14-21(20)29/h6-10,13-14,16,22H,5,11-12,15H2,1-4H3,(H,30,35)(H,31,36)/t22-/m0/s1. The Morgan fingerprint density at radius 2 is 1.87 bits per heavy atom. The molecule has 1 aromatic heterocycles. The van der Waals surface area contributed by atoms with Crippen LogP contribution in [0.25, 0.3) is 0 Å². The van der Waals surface area contributed by atoms with Crippen LogP contribution in [-0.4, -0.2) is 44.9 Å². The van der Waals surface area contributed by atoms with Gasteiger partial charge in [0.25, 0.3) is 5.91 Å². The molecule has 9 nitrogen and oxygen atoms in total. The SMILES string of the molecule is CCCOC(=O)c1cccc(NC(=O)CSc2nnc([C@H](CC(C)C)NC(=O)c3ccc(Cl)cc3Cl)n2C)c1. The molecule has 0 aliphatic rings. The van der Waals surface area contributed by atoms with Crippen LogP contribution in [-0.2, 0) is 16.6 Å². The second kappa shape index (κ2) is 14.3. The average molecular weight is 593 g/mol. The third kappa shape index (κ3) is 8.71. The van der Waals surface area contributed by atoms with Crippen molar-refractivity contribution in [2.75, 3.05) is 17.7 Å². The molecule has 0 unspecified atom stereocenters. The summed E-state index contributed by atoms with van der Waals surface area (Å²) >= 11 is 13.4. The molecule has 1 atom stereocenters. The number of nitrogens with zero attached hydrogens (tertiary/aromatic N) is 3. The summed E-state index contributed by atoms with van der Waals surface area (Å²) in [5, 5.41) is 15.6. The monoisotopic (exact) mass is 591 g/mol. The summed E-state index contributed by atoms with van der Waals surface area (Å²) in [5.74, 6) is -0.172. The molecule has 2 N–H and O–H groups in total. The van der Waals surface area contributed by atoms with Gasteiger partial charge in [0.2, 0.25) is 5.91 Å². The van der Waals surface area contributed by atoms with Crippen molar-refractivity contribution in [3.05, 3.63) is 69.5 Å². The van der Waals surface area contributed by atoms with E-state index in [2.05, 4.69) is 20.8 Å². The molecule has 0 spiro atoms. The molecule has 12 heteroatoms. The molecule has 0 radical (unpaired) electrons. The number of carbonyl (C=O) groups excluding carboxylic acids is 3. The lowest BCUT2D eigenvalue weighted by Crippen LogP contribution is -2.31. The Morgan fingerprint density at radius 1 is 1.10 bits per heavy atom. The van der Waals surface area contributed by atoms with Gasteiger partial charge in [0.15, 0.2) is 11.0 Å². The van der Waals surface area contributed by atoms with Crippen molar-refractivity contribution in [1.82, 2.24) is 20.1 Å². The molecule has 0 saturated carbocycles. The van der Waals surface area contributed by atoms with Gasteiger partial charge in [-0.25, -0.2) is 4.79 Å². The molecule has 0 fully saturated rings. The number of aromatic nitrogens is 3. The van der Waals surface area contributed by atoms with Crippen LogP contribution in [0.4, 0.5) is 5.69 Å². The first kappa shape index (κ1) is 30.5. The van der Waals surface area contributed by atoms with E-state index in [-0.39, 0.29) is 28.5 Å². The Kier molecular flexibility index (Phi) is 11.2. The molecule has 208 valence electrons. The maximum Gasteiger partial charge on any atom is 0.338 e. The number of hydrogen-bond acceptors (Lipinski definition) is 7. The largest absolute Gasteiger partial charge is 0.462 e. The van der Waals surface area contributed by atoms with Gasteiger partial charge in [-0.3, -0.25) is 9.59 Å². The lowest BCUT2D eigenvalue weighted by Gasteiger charge is -2.20. The maximum atomic E-state index is 13.0. The van der Waals surface area contributed by atoms with Gasteiger partial charge in [-0.2, -0.15) is 0 Å². The predicted molar refractivity (Wildman–Crippen MR) is 153 cm³/mol. The molecular formula is C27H31Cl2N5O4S. The number of carbonyl (C=O) groups is 3. The predicted octanol–water partition coefficient (Wildman–Crippen LogP) is 5.94. The van der Waals surface area contributed by atoms with Crippen molar-refractivity contribution in [2.45, 2.75) is 44.8 Å². The number of amides is 2. The van der Waals surface area contributed by atoms with E-state index in [4.69, 9.17) is 27.9 Å². The third-order valence-corrected chi connectivity index (χ3v) is 7.09. The lowest BCUT2D eigenvalue weighted by atomic mass is 10.0. The van der Waals surface area contributed by atoms with E-state index in [1.165, 1.54) is 17.8 Å². The van der Waals surface area contributed by atoms with Crippen LogP contribution in [0.3, 0.4) is 0 Å². The van der Waals surface area contributed by atoms with E-state index in [1.807, 2.05) is 20.8 Å². The Balaban J connectivity index is 1.66. The number of ether oxygens (including phenoxy) is 1. The number of nitrogens with one attached hydrogen (secondary N) is 2. The fourth-order valence-corrected chi connectivity index (χ4v) is 4.91. The zero-order chi connectivity index (χ0) is 28.5. The second-order valence-corrected chi connectivity index (χ2v) is 11.0. The van der Waals surface area contributed by atoms with Crippen molar-refractivity contribution in [2.24, 2.45) is 13.0 Å². The number of rotatable bonds is 12. The minimum atomic E-state index is -0.435. The topological polar surface area (TPSA) is 115 Å². The van der Waals surface area contributed by atoms with E-state index >= 15 is 0 Å². The number of benzene rings is 2. The van der Waals surface area contributed by atoms with Gasteiger partial charge < -0.3 is 19.9 Å². The first-order valence-corrected chi connectivity index (χ1v) is 14.2. The maximum absolute atomic E-state index is 13.0. The minimum absolute atomic E-state index is 0.0675. The molecule has 3 rings (SSSR count). The Bertz CT molecular complexity index is 1330. The van der Waals surface area contributed by atoms with Crippen LogP contribution in [0.2, 0.25) is 10.0 Å². The summed E-state index contributed by atoms with van der Waals surface area (Å²) in [4.78, 5) is 37.7. The fraction of sp³-hybridized carbons (Fsp3) is 0.370. The molecule has 2 amide bonds. The molecule has 3 aromatic rings. The van der Waals surface area contributed by atoms with Gasteiger partial charge in [-0.15, -0.1) is 10.2 Å². The van der Waals surface area contributed by atoms with E-state index in [9.17, 15) is 14.4 Å². The van der Waals surface area contributed by atoms with Gasteiger partial charge in [-0.1, -0.05) is 61.8 Å². The van der Waals surface area contributed by atoms with Crippen molar-refractivity contribution in [3.63, 3.8) is 0 Å². The van der Waals surface area contributed by atoms with Gasteiger partial charge >= 0.3 is 5.97 Å². The van der Waals surface area contributed by atoms with Crippen LogP contribution < -0.4 is 10.6 Å². The highest BCUT2D eigenvalue weighted by Crippen LogP contribution is 2.26. The Hall–Kier alpha value is -3.08. The molecule has 0 bridgehead atoms. The summed E-state index contributed by atoms with van der Waals surface area (Å²) in [5.41, 5.74) is 1.17. The van der Waals surface area contributed by atoms with Gasteiger partial charge in [0.1, 0.15) is 0 Å². The molecule has 39 heavy (non-hydrogen) atoms. The average Bonchev–Trinajstić information content (AvgIpc) is 3.25. The fourth-order valence-electron chi connectivity index (χ4n) is 3.69. The number of hydrogen-bond donors (Lipinski definition) is 2. The molecule has 2 aromatic carbocycles. The Labute approximate surface area is 242 Å². The van der Waals surface area contributed by atoms with E-state index < -0.39 is 12.0 Å². The molecule has 1 heterocycles. The second-order valence-electron chi connectivity index (χ2n) is 9.23. The normalized spacial score (nSPS) is 11.8. The summed E-state index contributed by atoms with van der Waals surface area (Å²) in [7, 11) is 1.79. The highest BCUT2D eigenvalue weighted by Gasteiger charge is 2.24. The smallest absolute Gasteiger partial charge is 0.338 e. The van der Waals surface area contributed by atoms with Crippen LogP contribution in [0.5, 0.6) is 0 Å². The minimum Gasteiger partial charge on any atom is -0.462 e. The van der Waals surface area contributed by atoms with E-state index in [0.717, 1.165) is 6.42 Å². The number of halogens is 2. The first-order chi connectivity index (χ1) is 18.6. The molecular weight excluding hydrogens is 561 g/mol. The Morgan fingerprint density at radius 3 is 2.56 bits per heavy atom. The summed E-state index contributed by atoms with van der Waals surface area (Å²) in [6, 6.07) is 10.9. The number of anilines is 1. The van der Waals surface area contributed by atoms with Crippen molar-refractivity contribution in [3.8, 4) is 0 Å². The van der Waals surface area contributed by atoms with Gasteiger partial charge in [0, 0.05) is 17.8 Å². The van der Waals surface area contributed by atoms with Crippen LogP contribution in [0.15, 0.2) is 47.6 Å². The number of esters is 1. The first-order valence-electron chi connectivity index (χ1n) is 12.4. The lowest BCUT2D eigenvalue weighted by molar-refractivity contribution is -0.113.